The number of carbonyl (C=O) groups is 1. The van der Waals surface area contributed by atoms with Crippen molar-refractivity contribution in [1.82, 2.24) is 14.5 Å². The van der Waals surface area contributed by atoms with Gasteiger partial charge in [-0.05, 0) is 43.0 Å². The van der Waals surface area contributed by atoms with E-state index in [9.17, 15) is 13.2 Å². The Morgan fingerprint density at radius 2 is 1.88 bits per heavy atom. The Balaban J connectivity index is 1.85. The highest BCUT2D eigenvalue weighted by molar-refractivity contribution is 7.89. The summed E-state index contributed by atoms with van der Waals surface area (Å²) in [6, 6.07) is 5.60. The second kappa shape index (κ2) is 6.82. The first-order chi connectivity index (χ1) is 11.4. The van der Waals surface area contributed by atoms with Gasteiger partial charge in [0.2, 0.25) is 15.9 Å². The van der Waals surface area contributed by atoms with Crippen LogP contribution in [-0.2, 0) is 27.7 Å². The Kier molecular flexibility index (Phi) is 4.94. The monoisotopic (exact) mass is 351 g/mol. The van der Waals surface area contributed by atoms with Crippen molar-refractivity contribution in [3.05, 3.63) is 29.3 Å². The zero-order valence-electron chi connectivity index (χ0n) is 14.3. The minimum absolute atomic E-state index is 0.0745. The van der Waals surface area contributed by atoms with Gasteiger partial charge in [-0.15, -0.1) is 0 Å². The van der Waals surface area contributed by atoms with Crippen LogP contribution < -0.4 is 5.32 Å². The molecule has 1 fully saturated rings. The summed E-state index contributed by atoms with van der Waals surface area (Å²) in [4.78, 5) is 13.8. The highest BCUT2D eigenvalue weighted by Gasteiger charge is 2.29. The lowest BCUT2D eigenvalue weighted by Gasteiger charge is -2.31. The number of hydrogen-bond acceptors (Lipinski definition) is 4. The lowest BCUT2D eigenvalue weighted by atomic mass is 10.0. The number of hydrogen-bond donors (Lipinski definition) is 1. The van der Waals surface area contributed by atoms with E-state index in [-0.39, 0.29) is 11.9 Å². The lowest BCUT2D eigenvalue weighted by Crippen LogP contribution is -2.51. The molecule has 3 rings (SSSR count). The van der Waals surface area contributed by atoms with Crippen LogP contribution >= 0.6 is 0 Å². The first-order valence-corrected chi connectivity index (χ1v) is 9.93. The summed E-state index contributed by atoms with van der Waals surface area (Å²) in [5, 5.41) is 3.27. The van der Waals surface area contributed by atoms with E-state index in [0.29, 0.717) is 44.0 Å². The molecule has 1 amide bonds. The first kappa shape index (κ1) is 17.4. The van der Waals surface area contributed by atoms with Gasteiger partial charge in [-0.2, -0.15) is 4.31 Å². The molecule has 0 saturated carbocycles. The molecule has 0 radical (unpaired) electrons. The average molecular weight is 351 g/mol. The molecule has 2 aliphatic rings. The van der Waals surface area contributed by atoms with Crippen LogP contribution in [0.15, 0.2) is 23.1 Å². The second-order valence-corrected chi connectivity index (χ2v) is 8.59. The average Bonchev–Trinajstić information content (AvgIpc) is 2.76. The van der Waals surface area contributed by atoms with Crippen LogP contribution in [0.3, 0.4) is 0 Å². The van der Waals surface area contributed by atoms with Gasteiger partial charge >= 0.3 is 0 Å². The van der Waals surface area contributed by atoms with E-state index in [1.54, 1.807) is 23.4 Å². The zero-order chi connectivity index (χ0) is 17.3. The van der Waals surface area contributed by atoms with Gasteiger partial charge < -0.3 is 10.2 Å². The van der Waals surface area contributed by atoms with Crippen LogP contribution in [0.2, 0.25) is 0 Å². The highest BCUT2D eigenvalue weighted by Crippen LogP contribution is 2.23. The van der Waals surface area contributed by atoms with Crippen molar-refractivity contribution in [3.63, 3.8) is 0 Å². The number of rotatable bonds is 2. The molecular weight excluding hydrogens is 326 g/mol. The van der Waals surface area contributed by atoms with E-state index >= 15 is 0 Å². The Labute approximate surface area is 143 Å². The molecule has 0 spiro atoms. The van der Waals surface area contributed by atoms with Crippen molar-refractivity contribution < 1.29 is 13.2 Å². The summed E-state index contributed by atoms with van der Waals surface area (Å²) < 4.78 is 27.4. The first-order valence-electron chi connectivity index (χ1n) is 8.49. The molecule has 0 bridgehead atoms. The molecule has 1 saturated heterocycles. The summed E-state index contributed by atoms with van der Waals surface area (Å²) in [5.41, 5.74) is 2.19. The summed E-state index contributed by atoms with van der Waals surface area (Å²) >= 11 is 0. The third-order valence-electron chi connectivity index (χ3n) is 4.89. The minimum atomic E-state index is -3.46. The Morgan fingerprint density at radius 1 is 1.17 bits per heavy atom. The second-order valence-electron chi connectivity index (χ2n) is 6.65. The van der Waals surface area contributed by atoms with E-state index < -0.39 is 10.0 Å². The van der Waals surface area contributed by atoms with Crippen LogP contribution in [0.5, 0.6) is 0 Å². The molecule has 1 unspecified atom stereocenters. The van der Waals surface area contributed by atoms with Gasteiger partial charge in [-0.3, -0.25) is 4.79 Å². The molecule has 6 nitrogen and oxygen atoms in total. The van der Waals surface area contributed by atoms with Crippen molar-refractivity contribution in [2.45, 2.75) is 37.6 Å². The van der Waals surface area contributed by atoms with Crippen LogP contribution in [-0.4, -0.2) is 62.3 Å². The van der Waals surface area contributed by atoms with Crippen molar-refractivity contribution in [1.29, 1.82) is 0 Å². The number of carbonyl (C=O) groups excluding carboxylic acids is 1. The molecule has 1 atom stereocenters. The number of sulfonamides is 1. The predicted octanol–water partition coefficient (Wildman–Crippen LogP) is 0.616. The van der Waals surface area contributed by atoms with Gasteiger partial charge in [0.15, 0.2) is 0 Å². The maximum Gasteiger partial charge on any atom is 0.243 e. The smallest absolute Gasteiger partial charge is 0.243 e. The third-order valence-corrected chi connectivity index (χ3v) is 6.76. The van der Waals surface area contributed by atoms with Crippen LogP contribution in [0.25, 0.3) is 0 Å². The van der Waals surface area contributed by atoms with Gasteiger partial charge in [0.05, 0.1) is 4.90 Å². The molecule has 24 heavy (non-hydrogen) atoms. The van der Waals surface area contributed by atoms with Crippen LogP contribution in [0.1, 0.15) is 25.0 Å². The standard InChI is InChI=1S/C17H25N3O3S/c1-13-12-20(10-7-18-13)24(22,23)17-4-3-15-5-8-19(14(2)21)9-6-16(15)11-17/h3-4,11,13,18H,5-10,12H2,1-2H3. The summed E-state index contributed by atoms with van der Waals surface area (Å²) in [6.45, 7) is 6.60. The van der Waals surface area contributed by atoms with E-state index in [0.717, 1.165) is 17.5 Å². The fourth-order valence-electron chi connectivity index (χ4n) is 3.44. The van der Waals surface area contributed by atoms with E-state index in [1.165, 1.54) is 0 Å². The fraction of sp³-hybridized carbons (Fsp3) is 0.588. The number of piperazine rings is 1. The zero-order valence-corrected chi connectivity index (χ0v) is 15.1. The van der Waals surface area contributed by atoms with Crippen molar-refractivity contribution in [2.24, 2.45) is 0 Å². The molecule has 2 heterocycles. The van der Waals surface area contributed by atoms with Gasteiger partial charge in [0, 0.05) is 45.7 Å². The topological polar surface area (TPSA) is 69.7 Å². The summed E-state index contributed by atoms with van der Waals surface area (Å²) in [6.07, 6.45) is 1.48. The normalized spacial score (nSPS) is 22.8. The quantitative estimate of drug-likeness (QED) is 0.848. The maximum absolute atomic E-state index is 12.9. The van der Waals surface area contributed by atoms with E-state index in [2.05, 4.69) is 5.32 Å². The van der Waals surface area contributed by atoms with Gasteiger partial charge in [-0.1, -0.05) is 6.07 Å². The van der Waals surface area contributed by atoms with Gasteiger partial charge in [0.1, 0.15) is 0 Å². The molecule has 0 aromatic heterocycles. The molecule has 2 aliphatic heterocycles. The predicted molar refractivity (Wildman–Crippen MR) is 92.3 cm³/mol. The number of benzene rings is 1. The Hall–Kier alpha value is -1.44. The molecule has 0 aliphatic carbocycles. The minimum Gasteiger partial charge on any atom is -0.342 e. The third kappa shape index (κ3) is 3.48. The number of nitrogens with one attached hydrogen (secondary N) is 1. The van der Waals surface area contributed by atoms with E-state index in [1.807, 2.05) is 17.9 Å². The van der Waals surface area contributed by atoms with Gasteiger partial charge in [-0.25, -0.2) is 8.42 Å². The van der Waals surface area contributed by atoms with Crippen molar-refractivity contribution in [2.75, 3.05) is 32.7 Å². The number of nitrogens with zero attached hydrogens (tertiary/aromatic N) is 2. The molecule has 132 valence electrons. The molecular formula is C17H25N3O3S. The number of amides is 1. The fourth-order valence-corrected chi connectivity index (χ4v) is 5.02. The molecule has 7 heteroatoms. The van der Waals surface area contributed by atoms with Crippen LogP contribution in [0.4, 0.5) is 0 Å². The maximum atomic E-state index is 12.9. The molecule has 1 aromatic carbocycles. The van der Waals surface area contributed by atoms with E-state index in [4.69, 9.17) is 0 Å². The largest absolute Gasteiger partial charge is 0.342 e. The Bertz CT molecular complexity index is 733. The summed E-state index contributed by atoms with van der Waals surface area (Å²) in [5.74, 6) is 0.0745. The van der Waals surface area contributed by atoms with Gasteiger partial charge in [0.25, 0.3) is 0 Å². The van der Waals surface area contributed by atoms with Crippen molar-refractivity contribution >= 4 is 15.9 Å². The molecule has 1 N–H and O–H groups in total. The number of fused-ring (bicyclic) bond motifs is 1. The highest BCUT2D eigenvalue weighted by atomic mass is 32.2. The van der Waals surface area contributed by atoms with Crippen molar-refractivity contribution in [3.8, 4) is 0 Å². The molecule has 1 aromatic rings. The lowest BCUT2D eigenvalue weighted by molar-refractivity contribution is -0.128. The Morgan fingerprint density at radius 3 is 2.54 bits per heavy atom. The summed E-state index contributed by atoms with van der Waals surface area (Å²) in [7, 11) is -3.46. The SMILES string of the molecule is CC(=O)N1CCc2ccc(S(=O)(=O)N3CCNC(C)C3)cc2CC1. The van der Waals surface area contributed by atoms with Crippen LogP contribution in [0, 0.1) is 0 Å².